The van der Waals surface area contributed by atoms with Crippen molar-refractivity contribution in [1.29, 1.82) is 0 Å². The van der Waals surface area contributed by atoms with Crippen molar-refractivity contribution in [2.45, 2.75) is 39.2 Å². The first-order chi connectivity index (χ1) is 12.4. The van der Waals surface area contributed by atoms with Crippen LogP contribution in [0.3, 0.4) is 0 Å². The van der Waals surface area contributed by atoms with Gasteiger partial charge < -0.3 is 15.2 Å². The second-order valence-electron chi connectivity index (χ2n) is 6.72. The minimum absolute atomic E-state index is 0.0533. The molecule has 0 bridgehead atoms. The number of piperidine rings is 1. The molecule has 0 saturated carbocycles. The summed E-state index contributed by atoms with van der Waals surface area (Å²) in [5.41, 5.74) is 1.61. The van der Waals surface area contributed by atoms with Crippen LogP contribution in [-0.4, -0.2) is 39.9 Å². The summed E-state index contributed by atoms with van der Waals surface area (Å²) in [6, 6.07) is 6.31. The third-order valence-electron chi connectivity index (χ3n) is 4.66. The molecule has 1 saturated heterocycles. The number of amides is 1. The number of anilines is 1. The molecule has 6 nitrogen and oxygen atoms in total. The van der Waals surface area contributed by atoms with Crippen LogP contribution < -0.4 is 10.9 Å². The van der Waals surface area contributed by atoms with Gasteiger partial charge >= 0.3 is 0 Å². The first-order valence-corrected chi connectivity index (χ1v) is 8.78. The van der Waals surface area contributed by atoms with Gasteiger partial charge in [-0.2, -0.15) is 0 Å². The number of nitrogens with one attached hydrogen (secondary N) is 2. The van der Waals surface area contributed by atoms with Crippen LogP contribution in [0, 0.1) is 19.7 Å². The normalized spacial score (nSPS) is 17.2. The number of H-pyrrole nitrogens is 1. The Bertz CT molecular complexity index is 848. The lowest BCUT2D eigenvalue weighted by atomic mass is 10.0. The molecule has 1 atom stereocenters. The van der Waals surface area contributed by atoms with Crippen LogP contribution in [0.1, 0.15) is 29.9 Å². The fourth-order valence-corrected chi connectivity index (χ4v) is 3.33. The number of carbonyl (C=O) groups is 1. The summed E-state index contributed by atoms with van der Waals surface area (Å²) < 4.78 is 13.0. The van der Waals surface area contributed by atoms with Crippen molar-refractivity contribution in [1.82, 2.24) is 14.9 Å². The predicted molar refractivity (Wildman–Crippen MR) is 97.7 cm³/mol. The van der Waals surface area contributed by atoms with Crippen LogP contribution in [0.5, 0.6) is 0 Å². The maximum atomic E-state index is 13.0. The van der Waals surface area contributed by atoms with Crippen LogP contribution in [0.25, 0.3) is 0 Å². The van der Waals surface area contributed by atoms with Crippen LogP contribution in [0.2, 0.25) is 0 Å². The molecule has 1 aliphatic rings. The number of carbonyl (C=O) groups excluding carboxylic acids is 1. The molecule has 0 unspecified atom stereocenters. The molecule has 0 aliphatic carbocycles. The van der Waals surface area contributed by atoms with Gasteiger partial charge in [-0.05, 0) is 51.0 Å². The van der Waals surface area contributed by atoms with E-state index in [4.69, 9.17) is 0 Å². The quantitative estimate of drug-likeness (QED) is 0.878. The average molecular weight is 358 g/mol. The highest BCUT2D eigenvalue weighted by Crippen LogP contribution is 2.17. The zero-order valence-electron chi connectivity index (χ0n) is 15.0. The molecular formula is C19H23FN4O2. The van der Waals surface area contributed by atoms with Crippen LogP contribution >= 0.6 is 0 Å². The Morgan fingerprint density at radius 2 is 2.08 bits per heavy atom. The largest absolute Gasteiger partial charge is 0.381 e. The number of hydrogen-bond donors (Lipinski definition) is 2. The number of halogens is 1. The molecule has 26 heavy (non-hydrogen) atoms. The monoisotopic (exact) mass is 358 g/mol. The Kier molecular flexibility index (Phi) is 5.35. The van der Waals surface area contributed by atoms with E-state index in [2.05, 4.69) is 15.3 Å². The minimum atomic E-state index is -0.275. The summed E-state index contributed by atoms with van der Waals surface area (Å²) in [6.45, 7) is 4.71. The van der Waals surface area contributed by atoms with E-state index in [0.29, 0.717) is 30.2 Å². The lowest BCUT2D eigenvalue weighted by Crippen LogP contribution is -2.46. The topological polar surface area (TPSA) is 78.1 Å². The van der Waals surface area contributed by atoms with Gasteiger partial charge in [-0.25, -0.2) is 9.37 Å². The summed E-state index contributed by atoms with van der Waals surface area (Å²) in [5, 5.41) is 3.35. The molecule has 0 spiro atoms. The predicted octanol–water partition coefficient (Wildman–Crippen LogP) is 2.17. The first kappa shape index (κ1) is 18.1. The van der Waals surface area contributed by atoms with E-state index in [-0.39, 0.29) is 29.7 Å². The van der Waals surface area contributed by atoms with Gasteiger partial charge in [0.1, 0.15) is 11.6 Å². The van der Waals surface area contributed by atoms with Gasteiger partial charge in [-0.15, -0.1) is 0 Å². The minimum Gasteiger partial charge on any atom is -0.381 e. The number of aromatic nitrogens is 2. The number of aromatic amines is 1. The van der Waals surface area contributed by atoms with Gasteiger partial charge in [0, 0.05) is 36.1 Å². The van der Waals surface area contributed by atoms with E-state index in [1.165, 1.54) is 12.1 Å². The summed E-state index contributed by atoms with van der Waals surface area (Å²) in [5.74, 6) is 0.198. The molecule has 7 heteroatoms. The van der Waals surface area contributed by atoms with E-state index >= 15 is 0 Å². The van der Waals surface area contributed by atoms with Gasteiger partial charge in [-0.3, -0.25) is 9.59 Å². The molecule has 3 rings (SSSR count). The Morgan fingerprint density at radius 1 is 1.35 bits per heavy atom. The second-order valence-corrected chi connectivity index (χ2v) is 6.72. The highest BCUT2D eigenvalue weighted by atomic mass is 19.1. The van der Waals surface area contributed by atoms with Gasteiger partial charge in [0.05, 0.1) is 6.42 Å². The lowest BCUT2D eigenvalue weighted by Gasteiger charge is -2.34. The van der Waals surface area contributed by atoms with Crippen LogP contribution in [0.15, 0.2) is 29.1 Å². The first-order valence-electron chi connectivity index (χ1n) is 8.78. The molecule has 2 N–H and O–H groups in total. The number of hydrogen-bond acceptors (Lipinski definition) is 4. The van der Waals surface area contributed by atoms with Crippen molar-refractivity contribution in [3.8, 4) is 0 Å². The third-order valence-corrected chi connectivity index (χ3v) is 4.66. The maximum absolute atomic E-state index is 13.0. The summed E-state index contributed by atoms with van der Waals surface area (Å²) >= 11 is 0. The molecule has 138 valence electrons. The number of rotatable bonds is 4. The van der Waals surface area contributed by atoms with Crippen LogP contribution in [0.4, 0.5) is 10.1 Å². The van der Waals surface area contributed by atoms with Crippen molar-refractivity contribution in [2.24, 2.45) is 0 Å². The number of aryl methyl sites for hydroxylation is 2. The highest BCUT2D eigenvalue weighted by Gasteiger charge is 2.25. The third kappa shape index (κ3) is 4.28. The molecule has 1 aliphatic heterocycles. The van der Waals surface area contributed by atoms with Crippen molar-refractivity contribution in [2.75, 3.05) is 18.4 Å². The molecule has 1 aromatic carbocycles. The van der Waals surface area contributed by atoms with Gasteiger partial charge in [0.25, 0.3) is 5.56 Å². The van der Waals surface area contributed by atoms with E-state index < -0.39 is 0 Å². The van der Waals surface area contributed by atoms with Crippen molar-refractivity contribution >= 4 is 11.6 Å². The maximum Gasteiger partial charge on any atom is 0.254 e. The van der Waals surface area contributed by atoms with E-state index in [9.17, 15) is 14.0 Å². The summed E-state index contributed by atoms with van der Waals surface area (Å²) in [6.07, 6.45) is 1.87. The Labute approximate surface area is 151 Å². The smallest absolute Gasteiger partial charge is 0.254 e. The van der Waals surface area contributed by atoms with Gasteiger partial charge in [-0.1, -0.05) is 0 Å². The van der Waals surface area contributed by atoms with Gasteiger partial charge in [0.15, 0.2) is 0 Å². The zero-order chi connectivity index (χ0) is 18.7. The SMILES string of the molecule is Cc1nc(C)c(CC(=O)N2CCC[C@@H](Nc3ccc(F)cc3)C2)c(=O)[nH]1. The number of nitrogens with zero attached hydrogens (tertiary/aromatic N) is 2. The van der Waals surface area contributed by atoms with E-state index in [1.807, 2.05) is 0 Å². The molecule has 1 aromatic heterocycles. The fourth-order valence-electron chi connectivity index (χ4n) is 3.33. The molecule has 2 heterocycles. The Hall–Kier alpha value is -2.70. The van der Waals surface area contributed by atoms with E-state index in [0.717, 1.165) is 18.5 Å². The molecule has 1 fully saturated rings. The van der Waals surface area contributed by atoms with Gasteiger partial charge in [0.2, 0.25) is 5.91 Å². The van der Waals surface area contributed by atoms with E-state index in [1.54, 1.807) is 30.9 Å². The standard InChI is InChI=1S/C19H23FN4O2/c1-12-17(19(26)22-13(2)21-12)10-18(25)24-9-3-4-16(11-24)23-15-7-5-14(20)6-8-15/h5-8,16,23H,3-4,9-11H2,1-2H3,(H,21,22,26)/t16-/m1/s1. The second kappa shape index (κ2) is 7.68. The van der Waals surface area contributed by atoms with Crippen LogP contribution in [-0.2, 0) is 11.2 Å². The molecule has 1 amide bonds. The van der Waals surface area contributed by atoms with Crippen molar-refractivity contribution in [3.63, 3.8) is 0 Å². The fraction of sp³-hybridized carbons (Fsp3) is 0.421. The number of benzene rings is 1. The van der Waals surface area contributed by atoms with Crippen molar-refractivity contribution < 1.29 is 9.18 Å². The average Bonchev–Trinajstić information content (AvgIpc) is 2.60. The Morgan fingerprint density at radius 3 is 2.77 bits per heavy atom. The van der Waals surface area contributed by atoms with Crippen molar-refractivity contribution in [3.05, 3.63) is 57.5 Å². The molecule has 2 aromatic rings. The highest BCUT2D eigenvalue weighted by molar-refractivity contribution is 5.79. The summed E-state index contributed by atoms with van der Waals surface area (Å²) in [7, 11) is 0. The zero-order valence-corrected chi connectivity index (χ0v) is 15.0. The molecular weight excluding hydrogens is 335 g/mol. The number of likely N-dealkylation sites (tertiary alicyclic amines) is 1. The summed E-state index contributed by atoms with van der Waals surface area (Å²) in [4.78, 5) is 33.4. The molecule has 0 radical (unpaired) electrons. The Balaban J connectivity index is 1.64. The lowest BCUT2D eigenvalue weighted by molar-refractivity contribution is -0.131.